The summed E-state index contributed by atoms with van der Waals surface area (Å²) in [5.74, 6) is 0. The Bertz CT molecular complexity index is 599. The van der Waals surface area contributed by atoms with Crippen molar-refractivity contribution >= 4 is 10.1 Å². The second-order valence-electron chi connectivity index (χ2n) is 5.43. The molecule has 5 nitrogen and oxygen atoms in total. The largest absolute Gasteiger partial charge is 0.359 e. The van der Waals surface area contributed by atoms with Crippen LogP contribution in [0.4, 0.5) is 0 Å². The summed E-state index contributed by atoms with van der Waals surface area (Å²) < 4.78 is 29.9. The third-order valence-electron chi connectivity index (χ3n) is 3.70. The van der Waals surface area contributed by atoms with Gasteiger partial charge >= 0.3 is 0 Å². The van der Waals surface area contributed by atoms with Crippen LogP contribution in [0.15, 0.2) is 41.6 Å². The quantitative estimate of drug-likeness (QED) is 0.862. The Labute approximate surface area is 134 Å². The summed E-state index contributed by atoms with van der Waals surface area (Å²) in [4.78, 5) is 4.58. The van der Waals surface area contributed by atoms with Crippen molar-refractivity contribution in [2.45, 2.75) is 44.7 Å². The van der Waals surface area contributed by atoms with Gasteiger partial charge in [-0.25, -0.2) is 0 Å². The Hall–Kier alpha value is -1.53. The summed E-state index contributed by atoms with van der Waals surface area (Å²) in [6.07, 6.45) is 7.45. The number of benzene rings is 1. The van der Waals surface area contributed by atoms with Gasteiger partial charge in [0.25, 0.3) is 10.1 Å². The molecule has 1 heterocycles. The number of aryl methyl sites for hydroxylation is 1. The number of rotatable bonds is 4. The van der Waals surface area contributed by atoms with Crippen LogP contribution in [-0.4, -0.2) is 42.5 Å². The predicted molar refractivity (Wildman–Crippen MR) is 89.0 cm³/mol. The Balaban J connectivity index is 0.000000220. The Morgan fingerprint density at radius 3 is 2.27 bits per heavy atom. The normalized spacial score (nSPS) is 17.4. The highest BCUT2D eigenvalue weighted by molar-refractivity contribution is 7.85. The first kappa shape index (κ1) is 18.5. The van der Waals surface area contributed by atoms with Gasteiger partial charge in [0.2, 0.25) is 0 Å². The average molecular weight is 326 g/mol. The van der Waals surface area contributed by atoms with Gasteiger partial charge in [-0.2, -0.15) is 8.42 Å². The smallest absolute Gasteiger partial charge is 0.294 e. The lowest BCUT2D eigenvalue weighted by Gasteiger charge is -2.26. The zero-order valence-corrected chi connectivity index (χ0v) is 14.5. The lowest BCUT2D eigenvalue weighted by Crippen LogP contribution is -2.33. The molecule has 0 radical (unpaired) electrons. The monoisotopic (exact) mass is 326 g/mol. The highest BCUT2D eigenvalue weighted by atomic mass is 32.2. The Kier molecular flexibility index (Phi) is 6.90. The van der Waals surface area contributed by atoms with E-state index in [4.69, 9.17) is 4.55 Å². The van der Waals surface area contributed by atoms with Gasteiger partial charge in [-0.05, 0) is 31.9 Å². The van der Waals surface area contributed by atoms with Gasteiger partial charge in [-0.15, -0.1) is 0 Å². The second kappa shape index (κ2) is 8.19. The summed E-state index contributed by atoms with van der Waals surface area (Å²) in [7, 11) is -1.92. The number of hydrogen-bond acceptors (Lipinski definition) is 4. The van der Waals surface area contributed by atoms with E-state index in [1.54, 1.807) is 25.1 Å². The third-order valence-corrected chi connectivity index (χ3v) is 4.72. The van der Waals surface area contributed by atoms with Gasteiger partial charge in [0, 0.05) is 26.0 Å². The molecular formula is C16H26N2O3S. The number of nitrogens with zero attached hydrogens (tertiary/aromatic N) is 2. The molecule has 1 aliphatic heterocycles. The molecule has 0 bridgehead atoms. The average Bonchev–Trinajstić information content (AvgIpc) is 2.76. The number of hydrogen-bond donors (Lipinski definition) is 1. The van der Waals surface area contributed by atoms with Crippen molar-refractivity contribution < 1.29 is 13.0 Å². The SMILES string of the molecule is CCCCN1C=CN(C)C1C.Cc1ccccc1S(=O)(=O)O. The summed E-state index contributed by atoms with van der Waals surface area (Å²) in [5.41, 5.74) is 0.551. The van der Waals surface area contributed by atoms with Crippen LogP contribution in [0, 0.1) is 6.92 Å². The topological polar surface area (TPSA) is 60.9 Å². The first-order valence-electron chi connectivity index (χ1n) is 7.46. The molecule has 124 valence electrons. The molecule has 0 spiro atoms. The minimum Gasteiger partial charge on any atom is -0.359 e. The molecule has 1 unspecified atom stereocenters. The van der Waals surface area contributed by atoms with Crippen molar-refractivity contribution in [3.8, 4) is 0 Å². The van der Waals surface area contributed by atoms with E-state index in [0.717, 1.165) is 0 Å². The molecule has 0 aromatic heterocycles. The minimum absolute atomic E-state index is 0.0278. The van der Waals surface area contributed by atoms with Crippen molar-refractivity contribution in [3.63, 3.8) is 0 Å². The molecule has 2 rings (SSSR count). The van der Waals surface area contributed by atoms with Crippen LogP contribution >= 0.6 is 0 Å². The molecule has 0 saturated carbocycles. The maximum atomic E-state index is 10.6. The van der Waals surface area contributed by atoms with Gasteiger partial charge in [0.15, 0.2) is 0 Å². The van der Waals surface area contributed by atoms with Crippen molar-refractivity contribution in [2.24, 2.45) is 0 Å². The van der Waals surface area contributed by atoms with E-state index >= 15 is 0 Å². The van der Waals surface area contributed by atoms with Crippen molar-refractivity contribution in [1.29, 1.82) is 0 Å². The molecule has 0 amide bonds. The Morgan fingerprint density at radius 2 is 1.86 bits per heavy atom. The third kappa shape index (κ3) is 5.35. The van der Waals surface area contributed by atoms with Gasteiger partial charge in [-0.1, -0.05) is 31.5 Å². The van der Waals surface area contributed by atoms with Crippen molar-refractivity contribution in [2.75, 3.05) is 13.6 Å². The maximum Gasteiger partial charge on any atom is 0.294 e. The molecule has 0 saturated heterocycles. The molecule has 1 aromatic carbocycles. The van der Waals surface area contributed by atoms with E-state index < -0.39 is 10.1 Å². The Morgan fingerprint density at radius 1 is 1.23 bits per heavy atom. The van der Waals surface area contributed by atoms with E-state index in [0.29, 0.717) is 11.7 Å². The number of unbranched alkanes of at least 4 members (excludes halogenated alkanes) is 1. The maximum absolute atomic E-state index is 10.6. The molecule has 1 N–H and O–H groups in total. The second-order valence-corrected chi connectivity index (χ2v) is 6.82. The molecule has 0 fully saturated rings. The van der Waals surface area contributed by atoms with Crippen molar-refractivity contribution in [3.05, 3.63) is 42.2 Å². The van der Waals surface area contributed by atoms with Crippen LogP contribution < -0.4 is 0 Å². The fourth-order valence-corrected chi connectivity index (χ4v) is 2.85. The highest BCUT2D eigenvalue weighted by Crippen LogP contribution is 2.13. The van der Waals surface area contributed by atoms with Crippen LogP contribution in [0.25, 0.3) is 0 Å². The van der Waals surface area contributed by atoms with E-state index in [2.05, 4.69) is 43.1 Å². The summed E-state index contributed by atoms with van der Waals surface area (Å²) in [5, 5.41) is 0. The van der Waals surface area contributed by atoms with E-state index in [1.165, 1.54) is 25.5 Å². The van der Waals surface area contributed by atoms with Gasteiger partial charge in [0.05, 0.1) is 11.1 Å². The molecule has 1 aliphatic rings. The first-order valence-corrected chi connectivity index (χ1v) is 8.90. The van der Waals surface area contributed by atoms with E-state index in [-0.39, 0.29) is 4.90 Å². The van der Waals surface area contributed by atoms with Crippen LogP contribution in [0.2, 0.25) is 0 Å². The van der Waals surface area contributed by atoms with Crippen LogP contribution in [-0.2, 0) is 10.1 Å². The molecule has 0 aliphatic carbocycles. The van der Waals surface area contributed by atoms with Gasteiger partial charge in [0.1, 0.15) is 0 Å². The van der Waals surface area contributed by atoms with E-state index in [9.17, 15) is 8.42 Å². The summed E-state index contributed by atoms with van der Waals surface area (Å²) in [6.45, 7) is 7.28. The minimum atomic E-state index is -4.03. The van der Waals surface area contributed by atoms with Crippen LogP contribution in [0.5, 0.6) is 0 Å². The fraction of sp³-hybridized carbons (Fsp3) is 0.500. The zero-order chi connectivity index (χ0) is 16.8. The standard InChI is InChI=1S/C9H18N2.C7H8O3S/c1-4-5-6-11-8-7-10(3)9(11)2;1-6-4-2-3-5-7(6)11(8,9)10/h7-9H,4-6H2,1-3H3;2-5H,1H3,(H,8,9,10). The predicted octanol–water partition coefficient (Wildman–Crippen LogP) is 3.09. The van der Waals surface area contributed by atoms with Gasteiger partial charge < -0.3 is 9.80 Å². The van der Waals surface area contributed by atoms with Crippen LogP contribution in [0.1, 0.15) is 32.3 Å². The van der Waals surface area contributed by atoms with Crippen molar-refractivity contribution in [1.82, 2.24) is 9.80 Å². The van der Waals surface area contributed by atoms with Gasteiger partial charge in [-0.3, -0.25) is 4.55 Å². The summed E-state index contributed by atoms with van der Waals surface area (Å²) in [6, 6.07) is 6.27. The fourth-order valence-electron chi connectivity index (χ4n) is 2.12. The molecule has 22 heavy (non-hydrogen) atoms. The molecule has 1 atom stereocenters. The first-order chi connectivity index (χ1) is 10.3. The molecule has 1 aromatic rings. The lowest BCUT2D eigenvalue weighted by atomic mass is 10.2. The molecule has 6 heteroatoms. The molecular weight excluding hydrogens is 300 g/mol. The highest BCUT2D eigenvalue weighted by Gasteiger charge is 2.16. The van der Waals surface area contributed by atoms with E-state index in [1.807, 2.05) is 0 Å². The lowest BCUT2D eigenvalue weighted by molar-refractivity contribution is 0.193. The van der Waals surface area contributed by atoms with Crippen LogP contribution in [0.3, 0.4) is 0 Å². The summed E-state index contributed by atoms with van der Waals surface area (Å²) >= 11 is 0. The zero-order valence-electron chi connectivity index (χ0n) is 13.7.